The molecule has 0 radical (unpaired) electrons. The quantitative estimate of drug-likeness (QED) is 0.875. The van der Waals surface area contributed by atoms with Crippen molar-refractivity contribution in [1.82, 2.24) is 0 Å². The molecule has 0 amide bonds. The summed E-state index contributed by atoms with van der Waals surface area (Å²) in [7, 11) is 0. The van der Waals surface area contributed by atoms with E-state index in [1.165, 1.54) is 12.1 Å². The van der Waals surface area contributed by atoms with E-state index in [1.54, 1.807) is 6.07 Å². The molecule has 0 bridgehead atoms. The highest BCUT2D eigenvalue weighted by Crippen LogP contribution is 2.31. The largest absolute Gasteiger partial charge is 0.388 e. The standard InChI is InChI=1S/C12H17BrFNO/c1-2-3-8(7-15)12(16)10-6-9(14)4-5-11(10)13/h4-6,8,12,16H,2-3,7,15H2,1H3. The summed E-state index contributed by atoms with van der Waals surface area (Å²) in [5.41, 5.74) is 6.19. The Morgan fingerprint density at radius 2 is 2.19 bits per heavy atom. The molecule has 2 atom stereocenters. The average Bonchev–Trinajstić information content (AvgIpc) is 2.28. The van der Waals surface area contributed by atoms with Crippen molar-refractivity contribution < 1.29 is 9.50 Å². The van der Waals surface area contributed by atoms with Crippen LogP contribution in [0.25, 0.3) is 0 Å². The first-order chi connectivity index (χ1) is 7.60. The van der Waals surface area contributed by atoms with Crippen molar-refractivity contribution in [2.24, 2.45) is 11.7 Å². The Hall–Kier alpha value is -0.450. The Balaban J connectivity index is 2.93. The molecular weight excluding hydrogens is 273 g/mol. The number of benzene rings is 1. The lowest BCUT2D eigenvalue weighted by Gasteiger charge is -2.22. The molecule has 0 heterocycles. The fourth-order valence-corrected chi connectivity index (χ4v) is 2.25. The number of hydrogen-bond acceptors (Lipinski definition) is 2. The molecule has 16 heavy (non-hydrogen) atoms. The van der Waals surface area contributed by atoms with Crippen molar-refractivity contribution >= 4 is 15.9 Å². The topological polar surface area (TPSA) is 46.2 Å². The fourth-order valence-electron chi connectivity index (χ4n) is 1.77. The van der Waals surface area contributed by atoms with Crippen LogP contribution < -0.4 is 5.73 Å². The maximum atomic E-state index is 13.1. The summed E-state index contributed by atoms with van der Waals surface area (Å²) in [6, 6.07) is 4.32. The van der Waals surface area contributed by atoms with Gasteiger partial charge in [0.05, 0.1) is 6.10 Å². The van der Waals surface area contributed by atoms with Crippen molar-refractivity contribution in [2.75, 3.05) is 6.54 Å². The second kappa shape index (κ2) is 6.33. The molecule has 0 aliphatic carbocycles. The molecule has 0 aromatic heterocycles. The van der Waals surface area contributed by atoms with Gasteiger partial charge in [0.15, 0.2) is 0 Å². The van der Waals surface area contributed by atoms with Crippen molar-refractivity contribution in [3.63, 3.8) is 0 Å². The normalized spacial score (nSPS) is 14.8. The third kappa shape index (κ3) is 3.27. The number of aliphatic hydroxyl groups is 1. The van der Waals surface area contributed by atoms with E-state index in [0.29, 0.717) is 12.1 Å². The molecule has 3 N–H and O–H groups in total. The summed E-state index contributed by atoms with van der Waals surface area (Å²) in [4.78, 5) is 0. The molecule has 1 aromatic carbocycles. The monoisotopic (exact) mass is 289 g/mol. The lowest BCUT2D eigenvalue weighted by Crippen LogP contribution is -2.22. The van der Waals surface area contributed by atoms with Gasteiger partial charge in [-0.15, -0.1) is 0 Å². The van der Waals surface area contributed by atoms with E-state index >= 15 is 0 Å². The average molecular weight is 290 g/mol. The Bertz CT molecular complexity index is 346. The third-order valence-electron chi connectivity index (χ3n) is 2.69. The van der Waals surface area contributed by atoms with Gasteiger partial charge < -0.3 is 10.8 Å². The second-order valence-electron chi connectivity index (χ2n) is 3.90. The summed E-state index contributed by atoms with van der Waals surface area (Å²) < 4.78 is 13.8. The summed E-state index contributed by atoms with van der Waals surface area (Å²) in [5, 5.41) is 10.1. The Kier molecular flexibility index (Phi) is 5.38. The number of rotatable bonds is 5. The highest BCUT2D eigenvalue weighted by atomic mass is 79.9. The van der Waals surface area contributed by atoms with Gasteiger partial charge in [0, 0.05) is 10.4 Å². The van der Waals surface area contributed by atoms with Gasteiger partial charge in [-0.2, -0.15) is 0 Å². The zero-order valence-electron chi connectivity index (χ0n) is 9.29. The van der Waals surface area contributed by atoms with Gasteiger partial charge >= 0.3 is 0 Å². The van der Waals surface area contributed by atoms with Crippen LogP contribution in [0.2, 0.25) is 0 Å². The zero-order valence-corrected chi connectivity index (χ0v) is 10.9. The molecule has 0 aliphatic heterocycles. The first kappa shape index (κ1) is 13.6. The van der Waals surface area contributed by atoms with E-state index in [1.807, 2.05) is 6.92 Å². The van der Waals surface area contributed by atoms with Gasteiger partial charge in [-0.05, 0) is 36.7 Å². The molecule has 1 rings (SSSR count). The number of nitrogens with two attached hydrogens (primary N) is 1. The number of halogens is 2. The molecular formula is C12H17BrFNO. The summed E-state index contributed by atoms with van der Waals surface area (Å²) in [6.07, 6.45) is 1.07. The molecule has 1 aromatic rings. The summed E-state index contributed by atoms with van der Waals surface area (Å²) in [5.74, 6) is -0.368. The Morgan fingerprint density at radius 1 is 1.50 bits per heavy atom. The minimum atomic E-state index is -0.713. The van der Waals surface area contributed by atoms with Gasteiger partial charge in [-0.25, -0.2) is 4.39 Å². The summed E-state index contributed by atoms with van der Waals surface area (Å²) in [6.45, 7) is 2.44. The van der Waals surface area contributed by atoms with E-state index < -0.39 is 6.10 Å². The minimum Gasteiger partial charge on any atom is -0.388 e. The van der Waals surface area contributed by atoms with E-state index in [4.69, 9.17) is 5.73 Å². The highest BCUT2D eigenvalue weighted by Gasteiger charge is 2.21. The van der Waals surface area contributed by atoms with Crippen LogP contribution >= 0.6 is 15.9 Å². The number of hydrogen-bond donors (Lipinski definition) is 2. The number of aliphatic hydroxyl groups excluding tert-OH is 1. The molecule has 0 saturated carbocycles. The van der Waals surface area contributed by atoms with Gasteiger partial charge in [0.1, 0.15) is 5.82 Å². The third-order valence-corrected chi connectivity index (χ3v) is 3.41. The van der Waals surface area contributed by atoms with Crippen LogP contribution in [0.1, 0.15) is 31.4 Å². The molecule has 90 valence electrons. The maximum absolute atomic E-state index is 13.1. The van der Waals surface area contributed by atoms with Gasteiger partial charge in [-0.1, -0.05) is 29.3 Å². The Morgan fingerprint density at radius 3 is 2.75 bits per heavy atom. The highest BCUT2D eigenvalue weighted by molar-refractivity contribution is 9.10. The Labute approximate surface area is 104 Å². The van der Waals surface area contributed by atoms with Crippen molar-refractivity contribution in [3.05, 3.63) is 34.1 Å². The summed E-state index contributed by atoms with van der Waals surface area (Å²) >= 11 is 3.31. The molecule has 0 saturated heterocycles. The van der Waals surface area contributed by atoms with Crippen LogP contribution in [-0.2, 0) is 0 Å². The van der Waals surface area contributed by atoms with Crippen LogP contribution in [0, 0.1) is 11.7 Å². The SMILES string of the molecule is CCCC(CN)C(O)c1cc(F)ccc1Br. The van der Waals surface area contributed by atoms with E-state index in [9.17, 15) is 9.50 Å². The van der Waals surface area contributed by atoms with Crippen LogP contribution in [0.15, 0.2) is 22.7 Å². The molecule has 2 unspecified atom stereocenters. The molecule has 2 nitrogen and oxygen atoms in total. The molecule has 0 aliphatic rings. The van der Waals surface area contributed by atoms with Crippen LogP contribution in [0.5, 0.6) is 0 Å². The molecule has 0 fully saturated rings. The van der Waals surface area contributed by atoms with Crippen molar-refractivity contribution in [2.45, 2.75) is 25.9 Å². The first-order valence-electron chi connectivity index (χ1n) is 5.43. The van der Waals surface area contributed by atoms with Crippen molar-refractivity contribution in [3.8, 4) is 0 Å². The van der Waals surface area contributed by atoms with E-state index in [0.717, 1.165) is 17.3 Å². The zero-order chi connectivity index (χ0) is 12.1. The van der Waals surface area contributed by atoms with Crippen LogP contribution in [0.3, 0.4) is 0 Å². The lowest BCUT2D eigenvalue weighted by molar-refractivity contribution is 0.106. The van der Waals surface area contributed by atoms with Crippen LogP contribution in [0.4, 0.5) is 4.39 Å². The fraction of sp³-hybridized carbons (Fsp3) is 0.500. The van der Waals surface area contributed by atoms with Crippen molar-refractivity contribution in [1.29, 1.82) is 0 Å². The maximum Gasteiger partial charge on any atom is 0.123 e. The van der Waals surface area contributed by atoms with E-state index in [-0.39, 0.29) is 11.7 Å². The van der Waals surface area contributed by atoms with Gasteiger partial charge in [0.25, 0.3) is 0 Å². The lowest BCUT2D eigenvalue weighted by atomic mass is 9.92. The smallest absolute Gasteiger partial charge is 0.123 e. The van der Waals surface area contributed by atoms with Gasteiger partial charge in [0.2, 0.25) is 0 Å². The second-order valence-corrected chi connectivity index (χ2v) is 4.75. The minimum absolute atomic E-state index is 0.0249. The molecule has 0 spiro atoms. The van der Waals surface area contributed by atoms with Gasteiger partial charge in [-0.3, -0.25) is 0 Å². The molecule has 4 heteroatoms. The predicted molar refractivity (Wildman–Crippen MR) is 66.5 cm³/mol. The van der Waals surface area contributed by atoms with E-state index in [2.05, 4.69) is 15.9 Å². The van der Waals surface area contributed by atoms with Crippen LogP contribution in [-0.4, -0.2) is 11.7 Å². The predicted octanol–water partition coefficient (Wildman–Crippen LogP) is 3.00. The first-order valence-corrected chi connectivity index (χ1v) is 6.22.